The van der Waals surface area contributed by atoms with Gasteiger partial charge in [-0.2, -0.15) is 0 Å². The second-order valence-electron chi connectivity index (χ2n) is 6.66. The van der Waals surface area contributed by atoms with Gasteiger partial charge in [0, 0.05) is 24.5 Å². The number of benzene rings is 1. The molecule has 1 saturated heterocycles. The fraction of sp³-hybridized carbons (Fsp3) is 0.350. The van der Waals surface area contributed by atoms with Crippen LogP contribution in [-0.4, -0.2) is 35.8 Å². The van der Waals surface area contributed by atoms with Crippen molar-refractivity contribution in [3.63, 3.8) is 0 Å². The molecule has 0 unspecified atom stereocenters. The molecule has 0 radical (unpaired) electrons. The minimum absolute atomic E-state index is 0.0384. The van der Waals surface area contributed by atoms with E-state index in [1.165, 1.54) is 10.6 Å². The average molecular weight is 384 g/mol. The number of aryl methyl sites for hydroxylation is 1. The third kappa shape index (κ3) is 5.20. The summed E-state index contributed by atoms with van der Waals surface area (Å²) in [6.45, 7) is 2.78. The van der Waals surface area contributed by atoms with Crippen LogP contribution in [0.1, 0.15) is 18.5 Å². The lowest BCUT2D eigenvalue weighted by atomic mass is 10.2. The van der Waals surface area contributed by atoms with Gasteiger partial charge in [-0.3, -0.25) is 9.59 Å². The summed E-state index contributed by atoms with van der Waals surface area (Å²) in [5.74, 6) is -0.272. The number of hydrogen-bond donors (Lipinski definition) is 3. The number of rotatable bonds is 6. The van der Waals surface area contributed by atoms with E-state index in [9.17, 15) is 14.4 Å². The van der Waals surface area contributed by atoms with Gasteiger partial charge in [-0.15, -0.1) is 0 Å². The lowest BCUT2D eigenvalue weighted by molar-refractivity contribution is -0.122. The number of carbonyl (C=O) groups is 2. The maximum Gasteiger partial charge on any atom is 0.323 e. The predicted octanol–water partition coefficient (Wildman–Crippen LogP) is 2.10. The summed E-state index contributed by atoms with van der Waals surface area (Å²) in [5.41, 5.74) is 0.911. The Kier molecular flexibility index (Phi) is 6.44. The number of aromatic nitrogens is 1. The Balaban J connectivity index is 1.63. The normalized spacial score (nSPS) is 15.8. The third-order valence-corrected chi connectivity index (χ3v) is 4.52. The molecular weight excluding hydrogens is 360 g/mol. The smallest absolute Gasteiger partial charge is 0.323 e. The molecule has 1 aromatic carbocycles. The van der Waals surface area contributed by atoms with Gasteiger partial charge in [0.25, 0.3) is 5.56 Å². The zero-order chi connectivity index (χ0) is 19.9. The highest BCUT2D eigenvalue weighted by Gasteiger charge is 2.17. The van der Waals surface area contributed by atoms with Crippen LogP contribution in [0.5, 0.6) is 0 Å². The molecule has 0 spiro atoms. The van der Waals surface area contributed by atoms with Crippen molar-refractivity contribution in [2.75, 3.05) is 23.8 Å². The van der Waals surface area contributed by atoms with Gasteiger partial charge >= 0.3 is 6.03 Å². The van der Waals surface area contributed by atoms with Gasteiger partial charge in [0.1, 0.15) is 12.2 Å². The topological polar surface area (TPSA) is 101 Å². The average Bonchev–Trinajstić information content (AvgIpc) is 3.20. The van der Waals surface area contributed by atoms with E-state index in [1.54, 1.807) is 37.3 Å². The summed E-state index contributed by atoms with van der Waals surface area (Å²) in [7, 11) is 0. The van der Waals surface area contributed by atoms with E-state index >= 15 is 0 Å². The van der Waals surface area contributed by atoms with Gasteiger partial charge in [0.2, 0.25) is 5.91 Å². The molecule has 1 fully saturated rings. The summed E-state index contributed by atoms with van der Waals surface area (Å²) >= 11 is 0. The molecule has 3 rings (SSSR count). The van der Waals surface area contributed by atoms with Crippen molar-refractivity contribution < 1.29 is 14.3 Å². The van der Waals surface area contributed by atoms with Gasteiger partial charge in [-0.05, 0) is 44.0 Å². The summed E-state index contributed by atoms with van der Waals surface area (Å²) in [4.78, 5) is 37.1. The summed E-state index contributed by atoms with van der Waals surface area (Å²) < 4.78 is 6.81. The first kappa shape index (κ1) is 19.6. The number of anilines is 2. The minimum atomic E-state index is -0.526. The Labute approximate surface area is 162 Å². The van der Waals surface area contributed by atoms with Crippen LogP contribution >= 0.6 is 0 Å². The van der Waals surface area contributed by atoms with Crippen LogP contribution in [0.25, 0.3) is 0 Å². The predicted molar refractivity (Wildman–Crippen MR) is 107 cm³/mol. The monoisotopic (exact) mass is 384 g/mol. The van der Waals surface area contributed by atoms with Crippen molar-refractivity contribution in [3.05, 3.63) is 58.5 Å². The Morgan fingerprint density at radius 2 is 1.93 bits per heavy atom. The number of para-hydroxylation sites is 1. The molecule has 8 nitrogen and oxygen atoms in total. The van der Waals surface area contributed by atoms with Gasteiger partial charge in [0.05, 0.1) is 6.10 Å². The van der Waals surface area contributed by atoms with Gasteiger partial charge in [-0.1, -0.05) is 18.2 Å². The van der Waals surface area contributed by atoms with Gasteiger partial charge in [0.15, 0.2) is 0 Å². The summed E-state index contributed by atoms with van der Waals surface area (Å²) in [5, 5.41) is 7.99. The highest BCUT2D eigenvalue weighted by atomic mass is 16.5. The van der Waals surface area contributed by atoms with Crippen LogP contribution in [0, 0.1) is 6.92 Å². The molecule has 2 aromatic rings. The van der Waals surface area contributed by atoms with Crippen molar-refractivity contribution >= 4 is 23.3 Å². The molecule has 0 saturated carbocycles. The van der Waals surface area contributed by atoms with E-state index in [-0.39, 0.29) is 24.2 Å². The molecule has 2 heterocycles. The molecule has 28 heavy (non-hydrogen) atoms. The lowest BCUT2D eigenvalue weighted by Crippen LogP contribution is -2.38. The Morgan fingerprint density at radius 1 is 1.14 bits per heavy atom. The summed E-state index contributed by atoms with van der Waals surface area (Å²) in [6, 6.07) is 11.6. The zero-order valence-corrected chi connectivity index (χ0v) is 15.7. The van der Waals surface area contributed by atoms with Crippen LogP contribution in [0.4, 0.5) is 16.2 Å². The van der Waals surface area contributed by atoms with Gasteiger partial charge in [-0.25, -0.2) is 4.79 Å². The van der Waals surface area contributed by atoms with Crippen molar-refractivity contribution in [2.45, 2.75) is 32.4 Å². The standard InChI is InChI=1S/C20H24N4O4/c1-14-9-10-17(23-20(27)22-15-6-3-2-4-7-15)19(26)24(14)13-18(25)21-12-16-8-5-11-28-16/h2-4,6-7,9-10,16H,5,8,11-13H2,1H3,(H,21,25)(H2,22,23,27)/t16-/m0/s1. The van der Waals surface area contributed by atoms with E-state index in [0.29, 0.717) is 17.9 Å². The molecule has 1 aromatic heterocycles. The SMILES string of the molecule is Cc1ccc(NC(=O)Nc2ccccc2)c(=O)n1CC(=O)NC[C@@H]1CCCO1. The molecule has 3 amide bonds. The van der Waals surface area contributed by atoms with Crippen molar-refractivity contribution in [3.8, 4) is 0 Å². The second kappa shape index (κ2) is 9.18. The first-order valence-electron chi connectivity index (χ1n) is 9.25. The summed E-state index contributed by atoms with van der Waals surface area (Å²) in [6.07, 6.45) is 1.96. The maximum atomic E-state index is 12.7. The third-order valence-electron chi connectivity index (χ3n) is 4.52. The van der Waals surface area contributed by atoms with Crippen molar-refractivity contribution in [1.82, 2.24) is 9.88 Å². The fourth-order valence-electron chi connectivity index (χ4n) is 3.00. The Hall–Kier alpha value is -3.13. The quantitative estimate of drug-likeness (QED) is 0.710. The Morgan fingerprint density at radius 3 is 2.64 bits per heavy atom. The van der Waals surface area contributed by atoms with Crippen LogP contribution in [0.15, 0.2) is 47.3 Å². The van der Waals surface area contributed by atoms with E-state index in [0.717, 1.165) is 19.4 Å². The van der Waals surface area contributed by atoms with E-state index in [4.69, 9.17) is 4.74 Å². The number of amides is 3. The van der Waals surface area contributed by atoms with Crippen LogP contribution < -0.4 is 21.5 Å². The number of carbonyl (C=O) groups excluding carboxylic acids is 2. The van der Waals surface area contributed by atoms with Gasteiger partial charge < -0.3 is 25.3 Å². The number of pyridine rings is 1. The first-order valence-corrected chi connectivity index (χ1v) is 9.25. The first-order chi connectivity index (χ1) is 13.5. The molecule has 0 bridgehead atoms. The fourth-order valence-corrected chi connectivity index (χ4v) is 3.00. The maximum absolute atomic E-state index is 12.7. The van der Waals surface area contributed by atoms with E-state index in [1.807, 2.05) is 6.07 Å². The molecule has 3 N–H and O–H groups in total. The number of urea groups is 1. The molecule has 1 aliphatic rings. The number of hydrogen-bond acceptors (Lipinski definition) is 4. The van der Waals surface area contributed by atoms with Crippen LogP contribution in [0.3, 0.4) is 0 Å². The van der Waals surface area contributed by atoms with Crippen LogP contribution in [-0.2, 0) is 16.1 Å². The zero-order valence-electron chi connectivity index (χ0n) is 15.7. The molecule has 1 atom stereocenters. The van der Waals surface area contributed by atoms with Crippen molar-refractivity contribution in [2.24, 2.45) is 0 Å². The lowest BCUT2D eigenvalue weighted by Gasteiger charge is -2.14. The molecule has 1 aliphatic heterocycles. The highest BCUT2D eigenvalue weighted by molar-refractivity contribution is 5.99. The number of nitrogens with zero attached hydrogens (tertiary/aromatic N) is 1. The molecular formula is C20H24N4O4. The van der Waals surface area contributed by atoms with Crippen molar-refractivity contribution in [1.29, 1.82) is 0 Å². The van der Waals surface area contributed by atoms with Crippen LogP contribution in [0.2, 0.25) is 0 Å². The molecule has 8 heteroatoms. The number of ether oxygens (including phenoxy) is 1. The van der Waals surface area contributed by atoms with E-state index in [2.05, 4.69) is 16.0 Å². The highest BCUT2D eigenvalue weighted by Crippen LogP contribution is 2.11. The second-order valence-corrected chi connectivity index (χ2v) is 6.66. The van der Waals surface area contributed by atoms with E-state index < -0.39 is 11.6 Å². The Bertz CT molecular complexity index is 889. The largest absolute Gasteiger partial charge is 0.376 e. The number of nitrogens with one attached hydrogen (secondary N) is 3. The molecule has 148 valence electrons. The molecule has 0 aliphatic carbocycles. The minimum Gasteiger partial charge on any atom is -0.376 e.